The fraction of sp³-hybridized carbons (Fsp3) is 0.172. The Morgan fingerprint density at radius 1 is 0.516 bits per heavy atom. The molecular weight excluding hydrogens is 508 g/mol. The normalized spacial score (nSPS) is 13.7. The second kappa shape index (κ2) is 7.46. The summed E-state index contributed by atoms with van der Waals surface area (Å²) in [6.45, 7) is 9.07. The number of fused-ring (bicyclic) bond motifs is 3. The molecule has 0 unspecified atom stereocenters. The summed E-state index contributed by atoms with van der Waals surface area (Å²) in [5.41, 5.74) is 13.2. The Morgan fingerprint density at radius 2 is 0.903 bits per heavy atom. The van der Waals surface area contributed by atoms with Crippen molar-refractivity contribution in [2.24, 2.45) is 0 Å². The van der Waals surface area contributed by atoms with Crippen LogP contribution in [0.4, 0.5) is 0 Å². The molecule has 0 radical (unpaired) electrons. The number of benzene rings is 4. The molecule has 0 aliphatic heterocycles. The molecule has 31 heavy (non-hydrogen) atoms. The summed E-state index contributed by atoms with van der Waals surface area (Å²) < 4.78 is 2.25. The SMILES string of the molecule is Cc1cc(Br)ccc1-c1ccc2c(c1)C(C)(C)c1cc(-c3ccc(Br)cc3C)ccc1-2. The first-order chi connectivity index (χ1) is 14.8. The lowest BCUT2D eigenvalue weighted by Crippen LogP contribution is -2.15. The Bertz CT molecular complexity index is 1240. The van der Waals surface area contributed by atoms with Gasteiger partial charge in [0.05, 0.1) is 0 Å². The highest BCUT2D eigenvalue weighted by Crippen LogP contribution is 2.51. The Morgan fingerprint density at radius 3 is 1.29 bits per heavy atom. The van der Waals surface area contributed by atoms with Gasteiger partial charge in [-0.25, -0.2) is 0 Å². The average molecular weight is 532 g/mol. The second-order valence-corrected chi connectivity index (χ2v) is 10.9. The van der Waals surface area contributed by atoms with E-state index in [2.05, 4.69) is 132 Å². The summed E-state index contributed by atoms with van der Waals surface area (Å²) in [5.74, 6) is 0. The molecule has 4 aromatic carbocycles. The molecular formula is C29H24Br2. The van der Waals surface area contributed by atoms with E-state index in [1.165, 1.54) is 55.6 Å². The first-order valence-electron chi connectivity index (χ1n) is 10.6. The predicted octanol–water partition coefficient (Wildman–Crippen LogP) is 9.47. The van der Waals surface area contributed by atoms with Gasteiger partial charge in [0.2, 0.25) is 0 Å². The third-order valence-electron chi connectivity index (χ3n) is 6.67. The summed E-state index contributed by atoms with van der Waals surface area (Å²) in [5, 5.41) is 0. The highest BCUT2D eigenvalue weighted by Gasteiger charge is 2.36. The molecule has 0 aromatic heterocycles. The van der Waals surface area contributed by atoms with E-state index in [1.54, 1.807) is 0 Å². The standard InChI is InChI=1S/C29H24Br2/c1-17-13-21(30)7-11-23(17)19-5-9-25-26-10-6-20(24-12-8-22(31)14-18(24)2)16-28(26)29(3,4)27(25)15-19/h5-16H,1-4H3. The van der Waals surface area contributed by atoms with Gasteiger partial charge in [-0.2, -0.15) is 0 Å². The van der Waals surface area contributed by atoms with Crippen molar-refractivity contribution in [3.05, 3.63) is 104 Å². The van der Waals surface area contributed by atoms with E-state index >= 15 is 0 Å². The van der Waals surface area contributed by atoms with Gasteiger partial charge in [0, 0.05) is 14.4 Å². The third-order valence-corrected chi connectivity index (χ3v) is 7.66. The lowest BCUT2D eigenvalue weighted by molar-refractivity contribution is 0.661. The molecule has 1 aliphatic carbocycles. The van der Waals surface area contributed by atoms with Gasteiger partial charge in [0.1, 0.15) is 0 Å². The summed E-state index contributed by atoms with van der Waals surface area (Å²) in [6, 6.07) is 27.0. The van der Waals surface area contributed by atoms with Crippen molar-refractivity contribution in [3.63, 3.8) is 0 Å². The molecule has 4 aromatic rings. The monoisotopic (exact) mass is 530 g/mol. The van der Waals surface area contributed by atoms with Crippen LogP contribution < -0.4 is 0 Å². The zero-order chi connectivity index (χ0) is 21.9. The minimum Gasteiger partial charge on any atom is -0.0537 e. The minimum atomic E-state index is -0.0385. The number of hydrogen-bond donors (Lipinski definition) is 0. The van der Waals surface area contributed by atoms with Crippen LogP contribution in [-0.2, 0) is 5.41 Å². The summed E-state index contributed by atoms with van der Waals surface area (Å²) in [7, 11) is 0. The van der Waals surface area contributed by atoms with Crippen LogP contribution >= 0.6 is 31.9 Å². The minimum absolute atomic E-state index is 0.0385. The van der Waals surface area contributed by atoms with E-state index in [-0.39, 0.29) is 5.41 Å². The Hall–Kier alpha value is -2.16. The smallest absolute Gasteiger partial charge is 0.0178 e. The molecule has 154 valence electrons. The Balaban J connectivity index is 1.63. The van der Waals surface area contributed by atoms with Gasteiger partial charge < -0.3 is 0 Å². The predicted molar refractivity (Wildman–Crippen MR) is 140 cm³/mol. The summed E-state index contributed by atoms with van der Waals surface area (Å²) in [4.78, 5) is 0. The lowest BCUT2D eigenvalue weighted by atomic mass is 9.80. The fourth-order valence-electron chi connectivity index (χ4n) is 4.97. The van der Waals surface area contributed by atoms with Gasteiger partial charge in [0.25, 0.3) is 0 Å². The van der Waals surface area contributed by atoms with Gasteiger partial charge in [-0.15, -0.1) is 0 Å². The molecule has 0 amide bonds. The van der Waals surface area contributed by atoms with E-state index in [4.69, 9.17) is 0 Å². The molecule has 0 spiro atoms. The van der Waals surface area contributed by atoms with E-state index in [1.807, 2.05) is 0 Å². The molecule has 0 bridgehead atoms. The largest absolute Gasteiger partial charge is 0.0537 e. The zero-order valence-electron chi connectivity index (χ0n) is 18.2. The van der Waals surface area contributed by atoms with Crippen LogP contribution in [0, 0.1) is 13.8 Å². The molecule has 2 heteroatoms. The van der Waals surface area contributed by atoms with E-state index in [9.17, 15) is 0 Å². The maximum Gasteiger partial charge on any atom is 0.0178 e. The molecule has 0 atom stereocenters. The summed E-state index contributed by atoms with van der Waals surface area (Å²) in [6.07, 6.45) is 0. The Kier molecular flexibility index (Phi) is 4.99. The van der Waals surface area contributed by atoms with Crippen molar-refractivity contribution in [3.8, 4) is 33.4 Å². The van der Waals surface area contributed by atoms with Crippen molar-refractivity contribution < 1.29 is 0 Å². The van der Waals surface area contributed by atoms with Gasteiger partial charge in [-0.05, 0) is 106 Å². The van der Waals surface area contributed by atoms with Crippen LogP contribution in [-0.4, -0.2) is 0 Å². The number of halogens is 2. The van der Waals surface area contributed by atoms with Crippen molar-refractivity contribution in [1.82, 2.24) is 0 Å². The molecule has 1 aliphatic rings. The molecule has 0 nitrogen and oxygen atoms in total. The van der Waals surface area contributed by atoms with Crippen molar-refractivity contribution in [1.29, 1.82) is 0 Å². The van der Waals surface area contributed by atoms with Crippen LogP contribution in [0.3, 0.4) is 0 Å². The molecule has 0 saturated carbocycles. The lowest BCUT2D eigenvalue weighted by Gasteiger charge is -2.23. The number of aryl methyl sites for hydroxylation is 2. The van der Waals surface area contributed by atoms with Crippen LogP contribution in [0.25, 0.3) is 33.4 Å². The average Bonchev–Trinajstić information content (AvgIpc) is 2.94. The third kappa shape index (κ3) is 3.41. The van der Waals surface area contributed by atoms with Gasteiger partial charge in [0.15, 0.2) is 0 Å². The van der Waals surface area contributed by atoms with Crippen molar-refractivity contribution in [2.75, 3.05) is 0 Å². The first-order valence-corrected chi connectivity index (χ1v) is 12.2. The second-order valence-electron chi connectivity index (χ2n) is 9.06. The van der Waals surface area contributed by atoms with Gasteiger partial charge >= 0.3 is 0 Å². The fourth-order valence-corrected chi connectivity index (χ4v) is 5.93. The van der Waals surface area contributed by atoms with Crippen LogP contribution in [0.1, 0.15) is 36.1 Å². The quantitative estimate of drug-likeness (QED) is 0.241. The van der Waals surface area contributed by atoms with Crippen molar-refractivity contribution >= 4 is 31.9 Å². The van der Waals surface area contributed by atoms with Crippen LogP contribution in [0.2, 0.25) is 0 Å². The molecule has 5 rings (SSSR count). The molecule has 0 fully saturated rings. The number of hydrogen-bond acceptors (Lipinski definition) is 0. The summed E-state index contributed by atoms with van der Waals surface area (Å²) >= 11 is 7.18. The Labute approximate surface area is 201 Å². The van der Waals surface area contributed by atoms with E-state index in [0.717, 1.165) is 8.95 Å². The van der Waals surface area contributed by atoms with E-state index in [0.29, 0.717) is 0 Å². The molecule has 0 saturated heterocycles. The zero-order valence-corrected chi connectivity index (χ0v) is 21.4. The highest BCUT2D eigenvalue weighted by atomic mass is 79.9. The maximum absolute atomic E-state index is 3.59. The van der Waals surface area contributed by atoms with Crippen molar-refractivity contribution in [2.45, 2.75) is 33.1 Å². The van der Waals surface area contributed by atoms with Gasteiger partial charge in [-0.3, -0.25) is 0 Å². The van der Waals surface area contributed by atoms with E-state index < -0.39 is 0 Å². The topological polar surface area (TPSA) is 0 Å². The number of rotatable bonds is 2. The highest BCUT2D eigenvalue weighted by molar-refractivity contribution is 9.10. The maximum atomic E-state index is 3.59. The molecule has 0 N–H and O–H groups in total. The van der Waals surface area contributed by atoms with Gasteiger partial charge in [-0.1, -0.05) is 82.1 Å². The first kappa shape index (κ1) is 20.7. The van der Waals surface area contributed by atoms with Crippen LogP contribution in [0.15, 0.2) is 81.7 Å². The van der Waals surface area contributed by atoms with Crippen LogP contribution in [0.5, 0.6) is 0 Å². The molecule has 0 heterocycles.